The minimum atomic E-state index is -4.29. The van der Waals surface area contributed by atoms with Crippen LogP contribution in [0.15, 0.2) is 47.4 Å². The van der Waals surface area contributed by atoms with Gasteiger partial charge in [-0.05, 0) is 36.2 Å². The van der Waals surface area contributed by atoms with Crippen LogP contribution in [0.25, 0.3) is 0 Å². The number of esters is 1. The van der Waals surface area contributed by atoms with Crippen LogP contribution in [0.3, 0.4) is 0 Å². The number of anilines is 1. The third-order valence-electron chi connectivity index (χ3n) is 4.13. The fourth-order valence-electron chi connectivity index (χ4n) is 2.56. The minimum absolute atomic E-state index is 0.0103. The van der Waals surface area contributed by atoms with Crippen molar-refractivity contribution in [2.45, 2.75) is 24.8 Å². The second kappa shape index (κ2) is 10.3. The molecular formula is C19H19ClN4O8S. The number of amides is 3. The zero-order valence-electron chi connectivity index (χ0n) is 17.3. The van der Waals surface area contributed by atoms with Gasteiger partial charge in [0.25, 0.3) is 21.6 Å². The predicted molar refractivity (Wildman–Crippen MR) is 117 cm³/mol. The molecular weight excluding hydrogens is 480 g/mol. The molecule has 4 N–H and O–H groups in total. The molecule has 0 saturated heterocycles. The van der Waals surface area contributed by atoms with Crippen molar-refractivity contribution in [3.05, 3.63) is 63.2 Å². The first-order chi connectivity index (χ1) is 15.3. The predicted octanol–water partition coefficient (Wildman–Crippen LogP) is 2.43. The quantitative estimate of drug-likeness (QED) is 0.281. The molecule has 0 heterocycles. The molecule has 0 aromatic heterocycles. The van der Waals surface area contributed by atoms with Gasteiger partial charge in [0, 0.05) is 17.8 Å². The lowest BCUT2D eigenvalue weighted by molar-refractivity contribution is -0.385. The third kappa shape index (κ3) is 6.63. The van der Waals surface area contributed by atoms with Crippen LogP contribution in [0, 0.1) is 16.0 Å². The zero-order chi connectivity index (χ0) is 24.9. The number of nitro groups is 1. The largest absolute Gasteiger partial charge is 0.448 e. The Bertz CT molecular complexity index is 1200. The van der Waals surface area contributed by atoms with Gasteiger partial charge in [-0.25, -0.2) is 18.0 Å². The fraction of sp³-hybridized carbons (Fsp3) is 0.211. The van der Waals surface area contributed by atoms with E-state index in [4.69, 9.17) is 22.1 Å². The van der Waals surface area contributed by atoms with E-state index < -0.39 is 55.5 Å². The minimum Gasteiger partial charge on any atom is -0.448 e. The molecule has 1 atom stereocenters. The van der Waals surface area contributed by atoms with Crippen molar-refractivity contribution in [1.29, 1.82) is 0 Å². The topological polar surface area (TPSA) is 188 Å². The summed E-state index contributed by atoms with van der Waals surface area (Å²) in [5.74, 6) is -2.26. The van der Waals surface area contributed by atoms with Crippen LogP contribution in [0.5, 0.6) is 0 Å². The van der Waals surface area contributed by atoms with E-state index in [9.17, 15) is 32.9 Å². The van der Waals surface area contributed by atoms with Crippen LogP contribution < -0.4 is 15.8 Å². The van der Waals surface area contributed by atoms with Crippen LogP contribution in [0.1, 0.15) is 24.2 Å². The number of nitrogens with zero attached hydrogens (tertiary/aromatic N) is 1. The Labute approximate surface area is 193 Å². The molecule has 0 aliphatic carbocycles. The van der Waals surface area contributed by atoms with Crippen molar-refractivity contribution in [1.82, 2.24) is 5.32 Å². The number of non-ortho nitro benzene ring substituents is 1. The van der Waals surface area contributed by atoms with Crippen molar-refractivity contribution < 1.29 is 32.5 Å². The summed E-state index contributed by atoms with van der Waals surface area (Å²) in [5.41, 5.74) is 4.46. The molecule has 0 fully saturated rings. The third-order valence-corrected chi connectivity index (χ3v) is 6.00. The summed E-state index contributed by atoms with van der Waals surface area (Å²) < 4.78 is 32.6. The molecule has 0 aliphatic rings. The molecule has 0 aliphatic heterocycles. The number of hydrogen-bond acceptors (Lipinski definition) is 8. The molecule has 0 bridgehead atoms. The highest BCUT2D eigenvalue weighted by Gasteiger charge is 2.28. The number of carbonyl (C=O) groups is 3. The monoisotopic (exact) mass is 498 g/mol. The van der Waals surface area contributed by atoms with Gasteiger partial charge in [0.1, 0.15) is 4.90 Å². The molecule has 14 heteroatoms. The van der Waals surface area contributed by atoms with Gasteiger partial charge in [0.05, 0.1) is 15.5 Å². The van der Waals surface area contributed by atoms with Gasteiger partial charge >= 0.3 is 12.0 Å². The molecule has 2 aromatic rings. The van der Waals surface area contributed by atoms with Gasteiger partial charge in [-0.15, -0.1) is 0 Å². The Morgan fingerprint density at radius 3 is 2.24 bits per heavy atom. The van der Waals surface area contributed by atoms with Crippen LogP contribution >= 0.6 is 11.6 Å². The number of nitrogens with one attached hydrogen (secondary N) is 2. The average Bonchev–Trinajstić information content (AvgIpc) is 2.71. The second-order valence-corrected chi connectivity index (χ2v) is 9.04. The van der Waals surface area contributed by atoms with E-state index in [1.807, 2.05) is 5.32 Å². The Hall–Kier alpha value is -3.71. The first-order valence-corrected chi connectivity index (χ1v) is 11.1. The Balaban J connectivity index is 2.19. The van der Waals surface area contributed by atoms with Gasteiger partial charge in [-0.3, -0.25) is 24.9 Å². The van der Waals surface area contributed by atoms with Gasteiger partial charge in [-0.1, -0.05) is 25.4 Å². The SMILES string of the molecule is CC(C)C(OC(=O)c1ccc(NS(=O)(=O)c2cc([N+](=O)[O-])ccc2Cl)cc1)C(=O)NC(N)=O. The van der Waals surface area contributed by atoms with E-state index in [0.717, 1.165) is 18.2 Å². The summed E-state index contributed by atoms with van der Waals surface area (Å²) in [5, 5.41) is 12.5. The van der Waals surface area contributed by atoms with Gasteiger partial charge in [0.2, 0.25) is 0 Å². The summed E-state index contributed by atoms with van der Waals surface area (Å²) in [7, 11) is -4.29. The van der Waals surface area contributed by atoms with Gasteiger partial charge in [0.15, 0.2) is 6.10 Å². The highest BCUT2D eigenvalue weighted by atomic mass is 35.5. The van der Waals surface area contributed by atoms with Crippen molar-refractivity contribution >= 4 is 50.9 Å². The summed E-state index contributed by atoms with van der Waals surface area (Å²) in [6, 6.07) is 6.84. The molecule has 2 rings (SSSR count). The number of hydrogen-bond donors (Lipinski definition) is 3. The number of carbonyl (C=O) groups excluding carboxylic acids is 3. The van der Waals surface area contributed by atoms with Crippen molar-refractivity contribution in [2.24, 2.45) is 11.7 Å². The number of halogens is 1. The summed E-state index contributed by atoms with van der Waals surface area (Å²) in [6.07, 6.45) is -1.29. The first-order valence-electron chi connectivity index (χ1n) is 9.20. The van der Waals surface area contributed by atoms with Crippen LogP contribution in [0.2, 0.25) is 5.02 Å². The molecule has 12 nitrogen and oxygen atoms in total. The Kier molecular flexibility index (Phi) is 7.95. The zero-order valence-corrected chi connectivity index (χ0v) is 18.8. The maximum Gasteiger partial charge on any atom is 0.338 e. The molecule has 2 aromatic carbocycles. The number of primary amides is 1. The van der Waals surface area contributed by atoms with Crippen LogP contribution in [0.4, 0.5) is 16.2 Å². The number of imide groups is 1. The molecule has 0 spiro atoms. The standard InChI is InChI=1S/C19H19ClN4O8S/c1-10(2)16(17(25)22-19(21)27)32-18(26)11-3-5-12(6-4-11)23-33(30,31)15-9-13(24(28)29)7-8-14(15)20/h3-10,16,23H,1-2H3,(H3,21,22,25,27). The van der Waals surface area contributed by atoms with E-state index >= 15 is 0 Å². The number of nitro benzene ring substituents is 1. The highest BCUT2D eigenvalue weighted by Crippen LogP contribution is 2.28. The van der Waals surface area contributed by atoms with E-state index in [2.05, 4.69) is 4.72 Å². The van der Waals surface area contributed by atoms with Gasteiger partial charge in [-0.2, -0.15) is 0 Å². The summed E-state index contributed by atoms with van der Waals surface area (Å²) in [6.45, 7) is 3.19. The second-order valence-electron chi connectivity index (χ2n) is 6.98. The van der Waals surface area contributed by atoms with Gasteiger partial charge < -0.3 is 10.5 Å². The van der Waals surface area contributed by atoms with Crippen molar-refractivity contribution in [2.75, 3.05) is 4.72 Å². The molecule has 33 heavy (non-hydrogen) atoms. The van der Waals surface area contributed by atoms with E-state index in [0.29, 0.717) is 0 Å². The number of ether oxygens (including phenoxy) is 1. The molecule has 1 unspecified atom stereocenters. The van der Waals surface area contributed by atoms with E-state index in [1.165, 1.54) is 24.3 Å². The van der Waals surface area contributed by atoms with E-state index in [1.54, 1.807) is 13.8 Å². The number of rotatable bonds is 8. The van der Waals surface area contributed by atoms with Crippen LogP contribution in [-0.2, 0) is 19.6 Å². The Morgan fingerprint density at radius 1 is 1.12 bits per heavy atom. The molecule has 0 saturated carbocycles. The Morgan fingerprint density at radius 2 is 1.73 bits per heavy atom. The summed E-state index contributed by atoms with van der Waals surface area (Å²) in [4.78, 5) is 44.9. The lowest BCUT2D eigenvalue weighted by atomic mass is 10.1. The maximum absolute atomic E-state index is 12.6. The molecule has 3 amide bonds. The first kappa shape index (κ1) is 25.5. The van der Waals surface area contributed by atoms with Crippen molar-refractivity contribution in [3.8, 4) is 0 Å². The normalized spacial score (nSPS) is 12.0. The molecule has 176 valence electrons. The number of urea groups is 1. The average molecular weight is 499 g/mol. The van der Waals surface area contributed by atoms with Crippen LogP contribution in [-0.4, -0.2) is 37.4 Å². The van der Waals surface area contributed by atoms with Crippen molar-refractivity contribution in [3.63, 3.8) is 0 Å². The van der Waals surface area contributed by atoms with E-state index in [-0.39, 0.29) is 16.3 Å². The number of nitrogens with two attached hydrogens (primary N) is 1. The summed E-state index contributed by atoms with van der Waals surface area (Å²) >= 11 is 5.88. The lowest BCUT2D eigenvalue weighted by Crippen LogP contribution is -2.45. The lowest BCUT2D eigenvalue weighted by Gasteiger charge is -2.20. The number of benzene rings is 2. The highest BCUT2D eigenvalue weighted by molar-refractivity contribution is 7.92. The number of sulfonamides is 1. The smallest absolute Gasteiger partial charge is 0.338 e. The molecule has 0 radical (unpaired) electrons. The fourth-order valence-corrected chi connectivity index (χ4v) is 4.14. The maximum atomic E-state index is 12.6.